The summed E-state index contributed by atoms with van der Waals surface area (Å²) in [7, 11) is 1.55. The molecule has 1 unspecified atom stereocenters. The van der Waals surface area contributed by atoms with Crippen molar-refractivity contribution < 1.29 is 13.9 Å². The molecule has 0 bridgehead atoms. The lowest BCUT2D eigenvalue weighted by Gasteiger charge is -2.45. The molecule has 3 heterocycles. The number of anilines is 1. The van der Waals surface area contributed by atoms with Crippen LogP contribution < -0.4 is 10.5 Å². The average Bonchev–Trinajstić information content (AvgIpc) is 2.96. The minimum Gasteiger partial charge on any atom is -0.395 e. The Morgan fingerprint density at radius 1 is 1.08 bits per heavy atom. The highest BCUT2D eigenvalue weighted by Gasteiger charge is 2.36. The minimum absolute atomic E-state index is 0.0848. The molecule has 1 aliphatic heterocycles. The molecule has 0 spiro atoms. The quantitative estimate of drug-likeness (QED) is 0.397. The predicted molar refractivity (Wildman–Crippen MR) is 142 cm³/mol. The minimum atomic E-state index is -0.476. The number of nitriles is 1. The zero-order valence-corrected chi connectivity index (χ0v) is 21.1. The smallest absolute Gasteiger partial charge is 0.271 e. The number of benzene rings is 2. The summed E-state index contributed by atoms with van der Waals surface area (Å²) in [6.45, 7) is 8.15. The first-order chi connectivity index (χ1) is 18.9. The zero-order chi connectivity index (χ0) is 27.7. The van der Waals surface area contributed by atoms with Crippen molar-refractivity contribution in [2.45, 2.75) is 12.1 Å². The molecule has 0 amide bonds. The normalized spacial score (nSPS) is 15.9. The molecule has 1 atom stereocenters. The molecular weight excluding hydrogens is 502 g/mol. The van der Waals surface area contributed by atoms with Gasteiger partial charge in [0, 0.05) is 26.7 Å². The van der Waals surface area contributed by atoms with Crippen LogP contribution in [0.4, 0.5) is 20.3 Å². The topological polar surface area (TPSA) is 89.8 Å². The number of aliphatic hydroxyl groups is 1. The Kier molecular flexibility index (Phi) is 7.07. The van der Waals surface area contributed by atoms with Gasteiger partial charge in [-0.3, -0.25) is 9.69 Å². The van der Waals surface area contributed by atoms with E-state index in [0.29, 0.717) is 29.8 Å². The second kappa shape index (κ2) is 10.6. The molecule has 0 radical (unpaired) electrons. The Hall–Kier alpha value is -4.64. The number of halogens is 2. The monoisotopic (exact) mass is 526 g/mol. The van der Waals surface area contributed by atoms with Crippen LogP contribution in [0.1, 0.15) is 22.7 Å². The number of piperazine rings is 1. The SMILES string of the molecule is [C-]#[N+]c1ccc2c(n1)c(N1CCN(C(c3ccc(F)cc3)c3ccc(F)cc3)C(CO)C1)c(C#N)c(=O)n2C. The second-order valence-corrected chi connectivity index (χ2v) is 9.37. The molecule has 5 rings (SSSR count). The summed E-state index contributed by atoms with van der Waals surface area (Å²) >= 11 is 0. The number of pyridine rings is 2. The van der Waals surface area contributed by atoms with Crippen molar-refractivity contribution in [3.8, 4) is 6.07 Å². The van der Waals surface area contributed by atoms with Crippen LogP contribution in [0, 0.1) is 29.5 Å². The van der Waals surface area contributed by atoms with Crippen molar-refractivity contribution in [1.29, 1.82) is 5.26 Å². The zero-order valence-electron chi connectivity index (χ0n) is 21.1. The molecule has 1 N–H and O–H groups in total. The van der Waals surface area contributed by atoms with Crippen LogP contribution in [0.3, 0.4) is 0 Å². The Morgan fingerprint density at radius 2 is 1.69 bits per heavy atom. The number of rotatable bonds is 5. The first kappa shape index (κ1) is 26.0. The summed E-state index contributed by atoms with van der Waals surface area (Å²) in [5.41, 5.74) is 2.17. The molecular formula is C29H24F2N6O2. The number of fused-ring (bicyclic) bond motifs is 1. The standard InChI is InChI=1S/C29H24F2N6O2/c1-33-25-12-11-24-26(34-25)28(23(15-32)29(39)35(24)2)36-13-14-37(22(16-36)17-38)27(18-3-7-20(30)8-4-18)19-5-9-21(31)10-6-19/h3-12,22,27,38H,13-14,16-17H2,2H3. The maximum absolute atomic E-state index is 13.8. The molecule has 2 aromatic heterocycles. The van der Waals surface area contributed by atoms with Gasteiger partial charge in [-0.25, -0.2) is 8.78 Å². The van der Waals surface area contributed by atoms with Crippen molar-refractivity contribution in [2.24, 2.45) is 7.05 Å². The van der Waals surface area contributed by atoms with E-state index < -0.39 is 17.6 Å². The molecule has 1 fully saturated rings. The number of nitrogens with zero attached hydrogens (tertiary/aromatic N) is 6. The molecule has 0 aliphatic carbocycles. The van der Waals surface area contributed by atoms with Gasteiger partial charge in [-0.15, -0.1) is 4.98 Å². The Morgan fingerprint density at radius 3 is 2.23 bits per heavy atom. The van der Waals surface area contributed by atoms with Gasteiger partial charge in [0.15, 0.2) is 0 Å². The van der Waals surface area contributed by atoms with E-state index >= 15 is 0 Å². The maximum Gasteiger partial charge on any atom is 0.271 e. The highest BCUT2D eigenvalue weighted by Crippen LogP contribution is 2.35. The van der Waals surface area contributed by atoms with Crippen LogP contribution in [-0.4, -0.2) is 51.8 Å². The third kappa shape index (κ3) is 4.72. The summed E-state index contributed by atoms with van der Waals surface area (Å²) in [4.78, 5) is 24.8. The van der Waals surface area contributed by atoms with E-state index in [0.717, 1.165) is 11.1 Å². The summed E-state index contributed by atoms with van der Waals surface area (Å²) in [6, 6.07) is 16.4. The summed E-state index contributed by atoms with van der Waals surface area (Å²) in [6.07, 6.45) is 0. The molecule has 2 aromatic carbocycles. The van der Waals surface area contributed by atoms with Crippen molar-refractivity contribution in [3.63, 3.8) is 0 Å². The van der Waals surface area contributed by atoms with Gasteiger partial charge in [-0.2, -0.15) is 5.26 Å². The van der Waals surface area contributed by atoms with Crippen molar-refractivity contribution >= 4 is 22.5 Å². The second-order valence-electron chi connectivity index (χ2n) is 9.37. The third-order valence-electron chi connectivity index (χ3n) is 7.18. The van der Waals surface area contributed by atoms with E-state index in [1.54, 1.807) is 37.4 Å². The van der Waals surface area contributed by atoms with Crippen LogP contribution >= 0.6 is 0 Å². The van der Waals surface area contributed by atoms with Crippen molar-refractivity contribution in [3.05, 3.63) is 111 Å². The fourth-order valence-corrected chi connectivity index (χ4v) is 5.29. The molecule has 4 aromatic rings. The number of aliphatic hydroxyl groups excluding tert-OH is 1. The number of aromatic nitrogens is 2. The highest BCUT2D eigenvalue weighted by atomic mass is 19.1. The lowest BCUT2D eigenvalue weighted by atomic mass is 9.94. The first-order valence-electron chi connectivity index (χ1n) is 12.3. The fraction of sp³-hybridized carbons (Fsp3) is 0.241. The van der Waals surface area contributed by atoms with Crippen molar-refractivity contribution in [1.82, 2.24) is 14.5 Å². The van der Waals surface area contributed by atoms with Crippen LogP contribution in [0.2, 0.25) is 0 Å². The Bertz CT molecular complexity index is 1630. The lowest BCUT2D eigenvalue weighted by Crippen LogP contribution is -2.56. The summed E-state index contributed by atoms with van der Waals surface area (Å²) < 4.78 is 28.9. The maximum atomic E-state index is 13.8. The highest BCUT2D eigenvalue weighted by molar-refractivity contribution is 5.92. The van der Waals surface area contributed by atoms with Gasteiger partial charge in [-0.05, 0) is 47.5 Å². The third-order valence-corrected chi connectivity index (χ3v) is 7.18. The number of hydrogen-bond acceptors (Lipinski definition) is 6. The molecule has 1 aliphatic rings. The van der Waals surface area contributed by atoms with Gasteiger partial charge in [0.1, 0.15) is 29.0 Å². The van der Waals surface area contributed by atoms with E-state index in [9.17, 15) is 23.9 Å². The van der Waals surface area contributed by atoms with Gasteiger partial charge < -0.3 is 19.4 Å². The lowest BCUT2D eigenvalue weighted by molar-refractivity contribution is 0.0858. The molecule has 39 heavy (non-hydrogen) atoms. The Labute approximate surface area is 223 Å². The van der Waals surface area contributed by atoms with Crippen LogP contribution in [0.15, 0.2) is 65.5 Å². The molecule has 1 saturated heterocycles. The van der Waals surface area contributed by atoms with Gasteiger partial charge in [0.2, 0.25) is 5.52 Å². The fourth-order valence-electron chi connectivity index (χ4n) is 5.29. The molecule has 196 valence electrons. The van der Waals surface area contributed by atoms with Crippen LogP contribution in [0.25, 0.3) is 15.9 Å². The van der Waals surface area contributed by atoms with E-state index in [1.807, 2.05) is 11.0 Å². The molecule has 0 saturated carbocycles. The van der Waals surface area contributed by atoms with E-state index in [4.69, 9.17) is 6.57 Å². The largest absolute Gasteiger partial charge is 0.395 e. The first-order valence-corrected chi connectivity index (χ1v) is 12.3. The predicted octanol–water partition coefficient (Wildman–Crippen LogP) is 3.91. The van der Waals surface area contributed by atoms with E-state index in [1.165, 1.54) is 34.9 Å². The van der Waals surface area contributed by atoms with Crippen LogP contribution in [-0.2, 0) is 7.05 Å². The van der Waals surface area contributed by atoms with E-state index in [-0.39, 0.29) is 36.2 Å². The number of hydrogen-bond donors (Lipinski definition) is 1. The van der Waals surface area contributed by atoms with E-state index in [2.05, 4.69) is 14.7 Å². The molecule has 10 heteroatoms. The van der Waals surface area contributed by atoms with Crippen molar-refractivity contribution in [2.75, 3.05) is 31.1 Å². The van der Waals surface area contributed by atoms with Gasteiger partial charge >= 0.3 is 0 Å². The summed E-state index contributed by atoms with van der Waals surface area (Å²) in [5.74, 6) is -0.628. The summed E-state index contributed by atoms with van der Waals surface area (Å²) in [5, 5.41) is 20.4. The van der Waals surface area contributed by atoms with Crippen LogP contribution in [0.5, 0.6) is 0 Å². The average molecular weight is 527 g/mol. The van der Waals surface area contributed by atoms with Gasteiger partial charge in [0.25, 0.3) is 11.4 Å². The van der Waals surface area contributed by atoms with Gasteiger partial charge in [0.05, 0.1) is 24.2 Å². The van der Waals surface area contributed by atoms with Gasteiger partial charge in [-0.1, -0.05) is 30.8 Å². The Balaban J connectivity index is 1.59. The molecule has 8 nitrogen and oxygen atoms in total. The number of aryl methyl sites for hydroxylation is 1.